The summed E-state index contributed by atoms with van der Waals surface area (Å²) in [4.78, 5) is 6.75. The van der Waals surface area contributed by atoms with Gasteiger partial charge >= 0.3 is 0 Å². The quantitative estimate of drug-likeness (QED) is 0.293. The number of nitrogens with two attached hydrogens (primary N) is 1. The molecule has 8 heteroatoms. The number of nitrogens with zero attached hydrogens (tertiary/aromatic N) is 2. The van der Waals surface area contributed by atoms with E-state index in [0.717, 1.165) is 30.0 Å². The van der Waals surface area contributed by atoms with Gasteiger partial charge in [0.05, 0.1) is 11.1 Å². The van der Waals surface area contributed by atoms with E-state index in [9.17, 15) is 4.39 Å². The Morgan fingerprint density at radius 1 is 1.30 bits per heavy atom. The molecule has 2 aromatic rings. The van der Waals surface area contributed by atoms with Gasteiger partial charge in [0.15, 0.2) is 5.96 Å². The van der Waals surface area contributed by atoms with E-state index in [0.29, 0.717) is 12.5 Å². The smallest absolute Gasteiger partial charge is 0.193 e. The summed E-state index contributed by atoms with van der Waals surface area (Å²) >= 11 is 5.83. The van der Waals surface area contributed by atoms with Gasteiger partial charge < -0.3 is 15.8 Å². The predicted molar refractivity (Wildman–Crippen MR) is 133 cm³/mol. The summed E-state index contributed by atoms with van der Waals surface area (Å²) in [6, 6.07) is 12.7. The number of aliphatic imine (C=N–C) groups is 1. The number of ether oxygens (including phenoxy) is 1. The topological polar surface area (TPSA) is 62.9 Å². The highest BCUT2D eigenvalue weighted by molar-refractivity contribution is 14.0. The first-order valence-electron chi connectivity index (χ1n) is 9.82. The first-order valence-corrected chi connectivity index (χ1v) is 10.2. The van der Waals surface area contributed by atoms with Crippen molar-refractivity contribution in [3.63, 3.8) is 0 Å². The SMILES string of the molecule is CC(C)Oc1ccc(NC(N)=NCC2CCN(C)C2c2ccc(Cl)c(F)c2)cc1.I. The van der Waals surface area contributed by atoms with E-state index in [-0.39, 0.29) is 47.1 Å². The predicted octanol–water partition coefficient (Wildman–Crippen LogP) is 5.30. The van der Waals surface area contributed by atoms with Crippen LogP contribution in [0.4, 0.5) is 10.1 Å². The number of benzene rings is 2. The van der Waals surface area contributed by atoms with Crippen LogP contribution in [0.5, 0.6) is 5.75 Å². The molecule has 30 heavy (non-hydrogen) atoms. The van der Waals surface area contributed by atoms with Crippen LogP contribution in [0.1, 0.15) is 31.9 Å². The summed E-state index contributed by atoms with van der Waals surface area (Å²) in [6.07, 6.45) is 1.11. The van der Waals surface area contributed by atoms with Crippen molar-refractivity contribution in [1.29, 1.82) is 0 Å². The molecule has 0 aliphatic carbocycles. The van der Waals surface area contributed by atoms with Crippen LogP contribution in [0.15, 0.2) is 47.5 Å². The Labute approximate surface area is 199 Å². The summed E-state index contributed by atoms with van der Waals surface area (Å²) in [5.41, 5.74) is 7.85. The summed E-state index contributed by atoms with van der Waals surface area (Å²) in [5.74, 6) is 1.03. The highest BCUT2D eigenvalue weighted by atomic mass is 127. The third-order valence-corrected chi connectivity index (χ3v) is 5.36. The largest absolute Gasteiger partial charge is 0.491 e. The average Bonchev–Trinajstić information content (AvgIpc) is 3.04. The highest BCUT2D eigenvalue weighted by Gasteiger charge is 2.33. The molecule has 5 nitrogen and oxygen atoms in total. The van der Waals surface area contributed by atoms with Gasteiger partial charge in [0, 0.05) is 18.3 Å². The minimum Gasteiger partial charge on any atom is -0.491 e. The van der Waals surface area contributed by atoms with Gasteiger partial charge in [0.1, 0.15) is 11.6 Å². The zero-order valence-corrected chi connectivity index (χ0v) is 20.5. The van der Waals surface area contributed by atoms with Crippen LogP contribution in [0.25, 0.3) is 0 Å². The Hall–Kier alpha value is -1.58. The first-order chi connectivity index (χ1) is 13.8. The van der Waals surface area contributed by atoms with E-state index in [2.05, 4.69) is 15.2 Å². The summed E-state index contributed by atoms with van der Waals surface area (Å²) in [6.45, 7) is 5.47. The molecule has 1 aliphatic heterocycles. The molecule has 0 saturated carbocycles. The molecule has 1 fully saturated rings. The molecule has 2 unspecified atom stereocenters. The molecule has 0 spiro atoms. The lowest BCUT2D eigenvalue weighted by atomic mass is 9.94. The Balaban J connectivity index is 0.00000320. The first kappa shape index (κ1) is 24.7. The van der Waals surface area contributed by atoms with Crippen molar-refractivity contribution in [3.05, 3.63) is 58.9 Å². The second-order valence-corrected chi connectivity index (χ2v) is 8.10. The van der Waals surface area contributed by atoms with Crippen molar-refractivity contribution in [2.24, 2.45) is 16.6 Å². The van der Waals surface area contributed by atoms with Gasteiger partial charge in [-0.1, -0.05) is 17.7 Å². The zero-order chi connectivity index (χ0) is 21.0. The van der Waals surface area contributed by atoms with E-state index in [1.807, 2.05) is 51.2 Å². The number of guanidine groups is 1. The monoisotopic (exact) mass is 546 g/mol. The fourth-order valence-corrected chi connectivity index (χ4v) is 3.85. The number of hydrogen-bond acceptors (Lipinski definition) is 3. The Kier molecular flexibility index (Phi) is 9.18. The van der Waals surface area contributed by atoms with Crippen molar-refractivity contribution in [2.45, 2.75) is 32.4 Å². The van der Waals surface area contributed by atoms with Crippen LogP contribution in [0.2, 0.25) is 5.02 Å². The molecular formula is C22H29ClFIN4O. The molecule has 1 heterocycles. The average molecular weight is 547 g/mol. The van der Waals surface area contributed by atoms with Crippen LogP contribution in [-0.4, -0.2) is 37.1 Å². The maximum Gasteiger partial charge on any atom is 0.193 e. The van der Waals surface area contributed by atoms with E-state index >= 15 is 0 Å². The van der Waals surface area contributed by atoms with Crippen LogP contribution < -0.4 is 15.8 Å². The van der Waals surface area contributed by atoms with E-state index in [1.54, 1.807) is 6.07 Å². The van der Waals surface area contributed by atoms with Gasteiger partial charge in [-0.2, -0.15) is 0 Å². The molecule has 0 bridgehead atoms. The molecule has 3 rings (SSSR count). The fraction of sp³-hybridized carbons (Fsp3) is 0.409. The van der Waals surface area contributed by atoms with Crippen LogP contribution in [0, 0.1) is 11.7 Å². The minimum atomic E-state index is -0.391. The number of halogens is 3. The minimum absolute atomic E-state index is 0. The second-order valence-electron chi connectivity index (χ2n) is 7.69. The second kappa shape index (κ2) is 11.2. The normalized spacial score (nSPS) is 19.6. The number of rotatable bonds is 6. The van der Waals surface area contributed by atoms with Gasteiger partial charge in [-0.05, 0) is 81.7 Å². The molecule has 0 amide bonds. The standard InChI is InChI=1S/C22H28ClFN4O.HI/c1-14(2)29-18-7-5-17(6-8-18)27-22(25)26-13-16-10-11-28(3)21(16)15-4-9-19(23)20(24)12-15;/h4-9,12,14,16,21H,10-11,13H2,1-3H3,(H3,25,26,27);1H. The van der Waals surface area contributed by atoms with E-state index in [1.165, 1.54) is 6.07 Å². The lowest BCUT2D eigenvalue weighted by molar-refractivity contribution is 0.242. The third kappa shape index (κ3) is 6.46. The number of anilines is 1. The van der Waals surface area contributed by atoms with Gasteiger partial charge in [0.25, 0.3) is 0 Å². The zero-order valence-electron chi connectivity index (χ0n) is 17.4. The Morgan fingerprint density at radius 3 is 2.63 bits per heavy atom. The molecule has 1 saturated heterocycles. The van der Waals surface area contributed by atoms with E-state index in [4.69, 9.17) is 22.1 Å². The Morgan fingerprint density at radius 2 is 2.00 bits per heavy atom. The van der Waals surface area contributed by atoms with Crippen LogP contribution in [0.3, 0.4) is 0 Å². The summed E-state index contributed by atoms with van der Waals surface area (Å²) in [5, 5.41) is 3.25. The lowest BCUT2D eigenvalue weighted by Crippen LogP contribution is -2.26. The molecule has 3 N–H and O–H groups in total. The molecule has 0 aromatic heterocycles. The van der Waals surface area contributed by atoms with Crippen molar-refractivity contribution >= 4 is 47.2 Å². The fourth-order valence-electron chi connectivity index (χ4n) is 3.73. The maximum atomic E-state index is 13.9. The summed E-state index contributed by atoms with van der Waals surface area (Å²) < 4.78 is 19.6. The molecule has 2 aromatic carbocycles. The summed E-state index contributed by atoms with van der Waals surface area (Å²) in [7, 11) is 2.04. The van der Waals surface area contributed by atoms with Crippen molar-refractivity contribution in [2.75, 3.05) is 25.5 Å². The molecule has 1 aliphatic rings. The molecule has 164 valence electrons. The number of hydrogen-bond donors (Lipinski definition) is 2. The Bertz CT molecular complexity index is 863. The number of nitrogens with one attached hydrogen (secondary N) is 1. The van der Waals surface area contributed by atoms with Gasteiger partial charge in [-0.15, -0.1) is 24.0 Å². The third-order valence-electron chi connectivity index (χ3n) is 5.05. The van der Waals surface area contributed by atoms with Gasteiger partial charge in [0.2, 0.25) is 0 Å². The molecular weight excluding hydrogens is 518 g/mol. The highest BCUT2D eigenvalue weighted by Crippen LogP contribution is 2.37. The molecule has 2 atom stereocenters. The van der Waals surface area contributed by atoms with Crippen LogP contribution in [-0.2, 0) is 0 Å². The maximum absolute atomic E-state index is 13.9. The van der Waals surface area contributed by atoms with E-state index < -0.39 is 5.82 Å². The van der Waals surface area contributed by atoms with Gasteiger partial charge in [-0.3, -0.25) is 9.89 Å². The lowest BCUT2D eigenvalue weighted by Gasteiger charge is -2.25. The van der Waals surface area contributed by atoms with Crippen LogP contribution >= 0.6 is 35.6 Å². The van der Waals surface area contributed by atoms with Crippen molar-refractivity contribution < 1.29 is 9.13 Å². The van der Waals surface area contributed by atoms with Crippen molar-refractivity contribution in [3.8, 4) is 5.75 Å². The van der Waals surface area contributed by atoms with Gasteiger partial charge in [-0.25, -0.2) is 4.39 Å². The number of likely N-dealkylation sites (tertiary alicyclic amines) is 1. The molecule has 0 radical (unpaired) electrons. The van der Waals surface area contributed by atoms with Crippen molar-refractivity contribution in [1.82, 2.24) is 4.90 Å².